The number of rotatable bonds is 5. The van der Waals surface area contributed by atoms with Gasteiger partial charge in [-0.05, 0) is 43.3 Å². The number of hydrogen-bond donors (Lipinski definition) is 2. The summed E-state index contributed by atoms with van der Waals surface area (Å²) in [7, 11) is 1.50. The molecular formula is C20H16Cl2N4O2. The molecule has 0 amide bonds. The number of nitriles is 1. The summed E-state index contributed by atoms with van der Waals surface area (Å²) in [5.41, 5.74) is 2.22. The molecule has 3 rings (SSSR count). The van der Waals surface area contributed by atoms with E-state index in [1.807, 2.05) is 0 Å². The maximum Gasteiger partial charge on any atom is 0.255 e. The molecule has 1 heterocycles. The van der Waals surface area contributed by atoms with Gasteiger partial charge in [-0.25, -0.2) is 4.98 Å². The Balaban J connectivity index is 2.05. The van der Waals surface area contributed by atoms with E-state index in [9.17, 15) is 4.79 Å². The van der Waals surface area contributed by atoms with Gasteiger partial charge in [-0.1, -0.05) is 29.3 Å². The van der Waals surface area contributed by atoms with E-state index in [4.69, 9.17) is 33.2 Å². The number of hydrogen-bond acceptors (Lipinski definition) is 5. The highest BCUT2D eigenvalue weighted by Gasteiger charge is 2.24. The van der Waals surface area contributed by atoms with E-state index < -0.39 is 6.10 Å². The van der Waals surface area contributed by atoms with Crippen LogP contribution in [-0.4, -0.2) is 17.1 Å². The highest BCUT2D eigenvalue weighted by atomic mass is 35.5. The van der Waals surface area contributed by atoms with Gasteiger partial charge in [-0.3, -0.25) is 9.78 Å². The van der Waals surface area contributed by atoms with Crippen LogP contribution < -0.4 is 10.9 Å². The lowest BCUT2D eigenvalue weighted by Crippen LogP contribution is -2.20. The zero-order valence-corrected chi connectivity index (χ0v) is 16.6. The van der Waals surface area contributed by atoms with Crippen molar-refractivity contribution in [3.8, 4) is 6.07 Å². The number of aromatic nitrogens is 2. The van der Waals surface area contributed by atoms with Crippen molar-refractivity contribution < 1.29 is 4.74 Å². The summed E-state index contributed by atoms with van der Waals surface area (Å²) in [6.07, 6.45) is -0.718. The van der Waals surface area contributed by atoms with Crippen LogP contribution in [0.15, 0.2) is 47.3 Å². The van der Waals surface area contributed by atoms with Crippen molar-refractivity contribution in [3.05, 3.63) is 85.2 Å². The topological polar surface area (TPSA) is 90.8 Å². The summed E-state index contributed by atoms with van der Waals surface area (Å²) in [5.74, 6) is 0.237. The van der Waals surface area contributed by atoms with Crippen LogP contribution in [-0.2, 0) is 4.74 Å². The van der Waals surface area contributed by atoms with E-state index in [2.05, 4.69) is 21.4 Å². The standard InChI is InChI=1S/C20H16Cl2N4O2/c1-11-17(18(28-2)16-14(21)4-3-5-15(16)22)25-20(26-19(11)27)24-13-8-6-12(10-23)7-9-13/h3-9,18H,1-2H3,(H2,24,25,26,27). The molecule has 0 bridgehead atoms. The summed E-state index contributed by atoms with van der Waals surface area (Å²) >= 11 is 12.6. The van der Waals surface area contributed by atoms with Gasteiger partial charge >= 0.3 is 0 Å². The molecule has 6 nitrogen and oxygen atoms in total. The molecule has 1 unspecified atom stereocenters. The van der Waals surface area contributed by atoms with Crippen LogP contribution >= 0.6 is 23.2 Å². The van der Waals surface area contributed by atoms with Crippen LogP contribution in [0.4, 0.5) is 11.6 Å². The molecule has 8 heteroatoms. The second kappa shape index (κ2) is 8.44. The number of aromatic amines is 1. The van der Waals surface area contributed by atoms with Crippen LogP contribution in [0.5, 0.6) is 0 Å². The predicted molar refractivity (Wildman–Crippen MR) is 109 cm³/mol. The van der Waals surface area contributed by atoms with E-state index in [1.165, 1.54) is 7.11 Å². The zero-order chi connectivity index (χ0) is 20.3. The Morgan fingerprint density at radius 1 is 1.18 bits per heavy atom. The van der Waals surface area contributed by atoms with Crippen molar-refractivity contribution >= 4 is 34.8 Å². The molecule has 142 valence electrons. The molecule has 0 saturated heterocycles. The molecule has 2 aromatic carbocycles. The predicted octanol–water partition coefficient (Wildman–Crippen LogP) is 4.74. The van der Waals surface area contributed by atoms with Crippen molar-refractivity contribution in [1.82, 2.24) is 9.97 Å². The minimum atomic E-state index is -0.718. The van der Waals surface area contributed by atoms with Crippen molar-refractivity contribution in [3.63, 3.8) is 0 Å². The number of halogens is 2. The van der Waals surface area contributed by atoms with Gasteiger partial charge in [0, 0.05) is 34.0 Å². The molecule has 0 fully saturated rings. The van der Waals surface area contributed by atoms with Gasteiger partial charge in [0.25, 0.3) is 5.56 Å². The Bertz CT molecular complexity index is 1080. The normalized spacial score (nSPS) is 11.7. The van der Waals surface area contributed by atoms with Crippen LogP contribution in [0, 0.1) is 18.3 Å². The molecule has 28 heavy (non-hydrogen) atoms. The van der Waals surface area contributed by atoms with Crippen molar-refractivity contribution in [2.45, 2.75) is 13.0 Å². The highest BCUT2D eigenvalue weighted by molar-refractivity contribution is 6.36. The van der Waals surface area contributed by atoms with Crippen molar-refractivity contribution in [2.75, 3.05) is 12.4 Å². The lowest BCUT2D eigenvalue weighted by molar-refractivity contribution is 0.132. The second-order valence-electron chi connectivity index (χ2n) is 5.99. The summed E-state index contributed by atoms with van der Waals surface area (Å²) in [4.78, 5) is 19.7. The second-order valence-corrected chi connectivity index (χ2v) is 6.80. The Hall–Kier alpha value is -2.85. The number of nitrogens with one attached hydrogen (secondary N) is 2. The van der Waals surface area contributed by atoms with Gasteiger partial charge in [0.05, 0.1) is 17.3 Å². The first-order chi connectivity index (χ1) is 13.4. The maximum absolute atomic E-state index is 12.5. The molecule has 0 spiro atoms. The molecule has 0 radical (unpaired) electrons. The minimum absolute atomic E-state index is 0.237. The smallest absolute Gasteiger partial charge is 0.255 e. The van der Waals surface area contributed by atoms with Crippen LogP contribution in [0.2, 0.25) is 10.0 Å². The summed E-state index contributed by atoms with van der Waals surface area (Å²) in [6.45, 7) is 1.66. The number of anilines is 2. The number of H-pyrrole nitrogens is 1. The summed E-state index contributed by atoms with van der Waals surface area (Å²) in [6, 6.07) is 14.0. The average molecular weight is 415 g/mol. The third kappa shape index (κ3) is 4.02. The Labute approximate surface area is 171 Å². The first kappa shape index (κ1) is 19.9. The molecule has 0 aliphatic rings. The first-order valence-electron chi connectivity index (χ1n) is 8.29. The Morgan fingerprint density at radius 2 is 1.82 bits per heavy atom. The van der Waals surface area contributed by atoms with Crippen LogP contribution in [0.3, 0.4) is 0 Å². The molecule has 0 aliphatic carbocycles. The number of methoxy groups -OCH3 is 1. The van der Waals surface area contributed by atoms with Gasteiger partial charge < -0.3 is 10.1 Å². The fourth-order valence-corrected chi connectivity index (χ4v) is 3.35. The number of nitrogens with zero attached hydrogens (tertiary/aromatic N) is 2. The fraction of sp³-hybridized carbons (Fsp3) is 0.150. The third-order valence-electron chi connectivity index (χ3n) is 4.21. The van der Waals surface area contributed by atoms with E-state index >= 15 is 0 Å². The largest absolute Gasteiger partial charge is 0.370 e. The average Bonchev–Trinajstić information content (AvgIpc) is 2.68. The van der Waals surface area contributed by atoms with Crippen molar-refractivity contribution in [1.29, 1.82) is 5.26 Å². The Morgan fingerprint density at radius 3 is 2.39 bits per heavy atom. The number of ether oxygens (including phenoxy) is 1. The summed E-state index contributed by atoms with van der Waals surface area (Å²) < 4.78 is 5.61. The lowest BCUT2D eigenvalue weighted by atomic mass is 10.0. The number of benzene rings is 2. The first-order valence-corrected chi connectivity index (χ1v) is 9.05. The fourth-order valence-electron chi connectivity index (χ4n) is 2.76. The molecule has 1 aromatic heterocycles. The third-order valence-corrected chi connectivity index (χ3v) is 4.87. The van der Waals surface area contributed by atoms with Crippen LogP contribution in [0.1, 0.15) is 28.5 Å². The molecule has 1 atom stereocenters. The molecule has 3 aromatic rings. The monoisotopic (exact) mass is 414 g/mol. The minimum Gasteiger partial charge on any atom is -0.370 e. The highest BCUT2D eigenvalue weighted by Crippen LogP contribution is 2.36. The lowest BCUT2D eigenvalue weighted by Gasteiger charge is -2.20. The molecule has 2 N–H and O–H groups in total. The molecule has 0 aliphatic heterocycles. The van der Waals surface area contributed by atoms with Gasteiger partial charge in [0.15, 0.2) is 0 Å². The quantitative estimate of drug-likeness (QED) is 0.629. The van der Waals surface area contributed by atoms with Gasteiger partial charge in [0.2, 0.25) is 5.95 Å². The van der Waals surface area contributed by atoms with Crippen molar-refractivity contribution in [2.24, 2.45) is 0 Å². The summed E-state index contributed by atoms with van der Waals surface area (Å²) in [5, 5.41) is 12.8. The van der Waals surface area contributed by atoms with E-state index in [-0.39, 0.29) is 11.5 Å². The van der Waals surface area contributed by atoms with Gasteiger partial charge in [-0.2, -0.15) is 5.26 Å². The van der Waals surface area contributed by atoms with Gasteiger partial charge in [-0.15, -0.1) is 0 Å². The van der Waals surface area contributed by atoms with Crippen LogP contribution in [0.25, 0.3) is 0 Å². The molecule has 0 saturated carbocycles. The van der Waals surface area contributed by atoms with E-state index in [1.54, 1.807) is 49.4 Å². The SMILES string of the molecule is COC(c1nc(Nc2ccc(C#N)cc2)[nH]c(=O)c1C)c1c(Cl)cccc1Cl. The zero-order valence-electron chi connectivity index (χ0n) is 15.1. The maximum atomic E-state index is 12.5. The van der Waals surface area contributed by atoms with E-state index in [0.717, 1.165) is 0 Å². The van der Waals surface area contributed by atoms with Gasteiger partial charge in [0.1, 0.15) is 6.10 Å². The Kier molecular flexibility index (Phi) is 6.00. The molecular weight excluding hydrogens is 399 g/mol. The van der Waals surface area contributed by atoms with E-state index in [0.29, 0.717) is 38.1 Å².